The smallest absolute Gasteiger partial charge is 0.251 e. The summed E-state index contributed by atoms with van der Waals surface area (Å²) in [6.07, 6.45) is 0. The Kier molecular flexibility index (Phi) is 7.73. The van der Waals surface area contributed by atoms with Crippen LogP contribution in [0.4, 0.5) is 5.69 Å². The molecule has 3 aromatic rings. The molecule has 3 rings (SSSR count). The van der Waals surface area contributed by atoms with Crippen molar-refractivity contribution in [1.82, 2.24) is 14.6 Å². The second-order valence-electron chi connectivity index (χ2n) is 8.22. The molecule has 0 bridgehead atoms. The van der Waals surface area contributed by atoms with Crippen molar-refractivity contribution < 1.29 is 22.4 Å². The highest BCUT2D eigenvalue weighted by atomic mass is 32.2. The summed E-state index contributed by atoms with van der Waals surface area (Å²) in [5.74, 6) is -0.622. The van der Waals surface area contributed by atoms with E-state index in [2.05, 4.69) is 15.6 Å². The quantitative estimate of drug-likeness (QED) is 0.477. The Bertz CT molecular complexity index is 1300. The largest absolute Gasteiger partial charge is 0.441 e. The number of aryl methyl sites for hydroxylation is 1. The lowest BCUT2D eigenvalue weighted by Gasteiger charge is -2.22. The summed E-state index contributed by atoms with van der Waals surface area (Å²) in [6, 6.07) is 10.1. The van der Waals surface area contributed by atoms with Gasteiger partial charge in [-0.15, -0.1) is 0 Å². The zero-order chi connectivity index (χ0) is 25.0. The molecule has 0 saturated heterocycles. The average Bonchev–Trinajstić information content (AvgIpc) is 3.17. The van der Waals surface area contributed by atoms with Crippen LogP contribution in [0.1, 0.15) is 43.9 Å². The van der Waals surface area contributed by atoms with Gasteiger partial charge in [0, 0.05) is 31.3 Å². The van der Waals surface area contributed by atoms with Crippen molar-refractivity contribution in [2.75, 3.05) is 18.4 Å². The summed E-state index contributed by atoms with van der Waals surface area (Å²) < 4.78 is 32.4. The fourth-order valence-electron chi connectivity index (χ4n) is 3.61. The van der Waals surface area contributed by atoms with E-state index in [0.29, 0.717) is 35.8 Å². The van der Waals surface area contributed by atoms with Crippen LogP contribution < -0.4 is 10.6 Å². The number of carbonyl (C=O) groups excluding carboxylic acids is 2. The minimum atomic E-state index is -3.71. The molecular weight excluding hydrogens is 456 g/mol. The molecule has 2 amide bonds. The fourth-order valence-corrected chi connectivity index (χ4v) is 5.11. The number of sulfonamides is 1. The first-order valence-electron chi connectivity index (χ1n) is 11.2. The van der Waals surface area contributed by atoms with Crippen LogP contribution in [-0.4, -0.2) is 48.7 Å². The van der Waals surface area contributed by atoms with E-state index in [4.69, 9.17) is 4.42 Å². The average molecular weight is 487 g/mol. The van der Waals surface area contributed by atoms with Crippen molar-refractivity contribution in [2.24, 2.45) is 5.92 Å². The highest BCUT2D eigenvalue weighted by Gasteiger charge is 2.27. The van der Waals surface area contributed by atoms with Crippen LogP contribution in [0, 0.1) is 12.8 Å². The molecule has 1 aromatic heterocycles. The van der Waals surface area contributed by atoms with Gasteiger partial charge in [-0.05, 0) is 42.3 Å². The van der Waals surface area contributed by atoms with Crippen molar-refractivity contribution >= 4 is 38.6 Å². The number of hydrogen-bond acceptors (Lipinski definition) is 6. The maximum Gasteiger partial charge on any atom is 0.251 e. The Morgan fingerprint density at radius 1 is 1.09 bits per heavy atom. The minimum absolute atomic E-state index is 0.0330. The third-order valence-corrected chi connectivity index (χ3v) is 7.48. The van der Waals surface area contributed by atoms with Crippen LogP contribution in [0.25, 0.3) is 11.1 Å². The van der Waals surface area contributed by atoms with Crippen LogP contribution >= 0.6 is 0 Å². The molecular formula is C24H30N4O5S. The van der Waals surface area contributed by atoms with Gasteiger partial charge in [-0.3, -0.25) is 9.59 Å². The topological polar surface area (TPSA) is 122 Å². The van der Waals surface area contributed by atoms with E-state index in [1.807, 2.05) is 13.8 Å². The second-order valence-corrected chi connectivity index (χ2v) is 10.2. The lowest BCUT2D eigenvalue weighted by atomic mass is 10.0. The van der Waals surface area contributed by atoms with Gasteiger partial charge in [0.25, 0.3) is 5.91 Å². The number of amides is 2. The monoisotopic (exact) mass is 486 g/mol. The molecule has 182 valence electrons. The molecule has 0 aliphatic heterocycles. The predicted octanol–water partition coefficient (Wildman–Crippen LogP) is 3.56. The Morgan fingerprint density at radius 3 is 2.44 bits per heavy atom. The molecule has 0 aliphatic carbocycles. The number of fused-ring (bicyclic) bond motifs is 1. The summed E-state index contributed by atoms with van der Waals surface area (Å²) in [6.45, 7) is 9.53. The first kappa shape index (κ1) is 25.4. The number of nitrogens with one attached hydrogen (secondary N) is 2. The van der Waals surface area contributed by atoms with Gasteiger partial charge in [-0.1, -0.05) is 33.8 Å². The van der Waals surface area contributed by atoms with Crippen molar-refractivity contribution in [2.45, 2.75) is 45.6 Å². The van der Waals surface area contributed by atoms with Gasteiger partial charge in [-0.25, -0.2) is 13.4 Å². The van der Waals surface area contributed by atoms with Crippen molar-refractivity contribution in [3.05, 3.63) is 53.9 Å². The van der Waals surface area contributed by atoms with Gasteiger partial charge in [0.1, 0.15) is 11.6 Å². The predicted molar refractivity (Wildman–Crippen MR) is 130 cm³/mol. The number of oxazole rings is 1. The highest BCUT2D eigenvalue weighted by molar-refractivity contribution is 7.89. The maximum absolute atomic E-state index is 13.0. The Morgan fingerprint density at radius 2 is 1.79 bits per heavy atom. The number of anilines is 1. The Balaban J connectivity index is 1.78. The molecule has 0 unspecified atom stereocenters. The molecule has 0 fully saturated rings. The molecule has 0 aliphatic rings. The zero-order valence-electron chi connectivity index (χ0n) is 20.0. The van der Waals surface area contributed by atoms with Crippen LogP contribution in [0.2, 0.25) is 0 Å². The van der Waals surface area contributed by atoms with Gasteiger partial charge in [0.2, 0.25) is 15.9 Å². The molecule has 9 nitrogen and oxygen atoms in total. The molecule has 1 heterocycles. The van der Waals surface area contributed by atoms with Crippen LogP contribution in [0.15, 0.2) is 51.8 Å². The first-order valence-corrected chi connectivity index (χ1v) is 12.6. The molecule has 34 heavy (non-hydrogen) atoms. The minimum Gasteiger partial charge on any atom is -0.441 e. The summed E-state index contributed by atoms with van der Waals surface area (Å²) in [5, 5.41) is 5.55. The van der Waals surface area contributed by atoms with Gasteiger partial charge < -0.3 is 15.1 Å². The molecule has 2 aromatic carbocycles. The second kappa shape index (κ2) is 10.4. The van der Waals surface area contributed by atoms with E-state index in [1.54, 1.807) is 39.0 Å². The fraction of sp³-hybridized carbons (Fsp3) is 0.375. The number of carbonyl (C=O) groups is 2. The Labute approximate surface area is 199 Å². The summed E-state index contributed by atoms with van der Waals surface area (Å²) in [5.41, 5.74) is 1.92. The molecule has 1 atom stereocenters. The van der Waals surface area contributed by atoms with Crippen LogP contribution in [0.3, 0.4) is 0 Å². The van der Waals surface area contributed by atoms with E-state index >= 15 is 0 Å². The van der Waals surface area contributed by atoms with E-state index in [9.17, 15) is 18.0 Å². The van der Waals surface area contributed by atoms with Gasteiger partial charge in [0.05, 0.1) is 4.90 Å². The number of nitrogens with zero attached hydrogens (tertiary/aromatic N) is 2. The molecule has 2 N–H and O–H groups in total. The number of hydrogen-bond donors (Lipinski definition) is 2. The van der Waals surface area contributed by atoms with Crippen molar-refractivity contribution in [1.29, 1.82) is 0 Å². The van der Waals surface area contributed by atoms with E-state index in [0.717, 1.165) is 0 Å². The third kappa shape index (κ3) is 5.45. The van der Waals surface area contributed by atoms with Gasteiger partial charge >= 0.3 is 0 Å². The van der Waals surface area contributed by atoms with E-state index < -0.39 is 27.9 Å². The third-order valence-electron chi connectivity index (χ3n) is 5.44. The van der Waals surface area contributed by atoms with Gasteiger partial charge in [-0.2, -0.15) is 4.31 Å². The zero-order valence-corrected chi connectivity index (χ0v) is 20.8. The van der Waals surface area contributed by atoms with E-state index in [1.165, 1.54) is 28.6 Å². The van der Waals surface area contributed by atoms with Crippen molar-refractivity contribution in [3.63, 3.8) is 0 Å². The molecule has 0 spiro atoms. The first-order chi connectivity index (χ1) is 16.1. The van der Waals surface area contributed by atoms with Crippen LogP contribution in [-0.2, 0) is 14.8 Å². The van der Waals surface area contributed by atoms with Crippen LogP contribution in [0.5, 0.6) is 0 Å². The number of benzene rings is 2. The SMILES string of the molecule is CCN(CC)S(=O)(=O)c1cccc(C(=O)N[C@@H](C(=O)Nc2ccc3oc(C)nc3c2)C(C)C)c1. The molecule has 0 saturated carbocycles. The lowest BCUT2D eigenvalue weighted by Crippen LogP contribution is -2.47. The normalized spacial score (nSPS) is 12.8. The Hall–Kier alpha value is -3.24. The standard InChI is InChI=1S/C24H30N4O5S/c1-6-28(7-2)34(31,32)19-10-8-9-17(13-19)23(29)27-22(15(3)4)24(30)26-18-11-12-21-20(14-18)25-16(5)33-21/h8-15,22H,6-7H2,1-5H3,(H,26,30)(H,27,29)/t22-/m1/s1. The maximum atomic E-state index is 13.0. The van der Waals surface area contributed by atoms with Gasteiger partial charge in [0.15, 0.2) is 11.5 Å². The lowest BCUT2D eigenvalue weighted by molar-refractivity contribution is -0.118. The molecule has 10 heteroatoms. The number of aromatic nitrogens is 1. The molecule has 0 radical (unpaired) electrons. The summed E-state index contributed by atoms with van der Waals surface area (Å²) >= 11 is 0. The number of rotatable bonds is 9. The van der Waals surface area contributed by atoms with E-state index in [-0.39, 0.29) is 16.4 Å². The summed E-state index contributed by atoms with van der Waals surface area (Å²) in [4.78, 5) is 30.2. The van der Waals surface area contributed by atoms with Crippen molar-refractivity contribution in [3.8, 4) is 0 Å². The highest BCUT2D eigenvalue weighted by Crippen LogP contribution is 2.21. The summed E-state index contributed by atoms with van der Waals surface area (Å²) in [7, 11) is -3.71.